The first-order valence-corrected chi connectivity index (χ1v) is 10.3. The second-order valence-corrected chi connectivity index (χ2v) is 8.04. The maximum absolute atomic E-state index is 12.5. The van der Waals surface area contributed by atoms with Crippen LogP contribution >= 0.6 is 0 Å². The van der Waals surface area contributed by atoms with Crippen molar-refractivity contribution in [2.75, 3.05) is 20.3 Å². The van der Waals surface area contributed by atoms with E-state index in [0.717, 1.165) is 5.56 Å². The number of fused-ring (bicyclic) bond motifs is 1. The molecule has 1 atom stereocenters. The lowest BCUT2D eigenvalue weighted by Gasteiger charge is -2.24. The molecule has 0 spiro atoms. The van der Waals surface area contributed by atoms with E-state index in [1.807, 2.05) is 25.1 Å². The van der Waals surface area contributed by atoms with E-state index in [2.05, 4.69) is 0 Å². The number of likely N-dealkylation sites (N-methyl/N-ethyl adjacent to an activating group) is 1. The Hall–Kier alpha value is -2.84. The average Bonchev–Trinajstić information content (AvgIpc) is 2.70. The first-order valence-electron chi connectivity index (χ1n) is 8.73. The van der Waals surface area contributed by atoms with Crippen LogP contribution < -0.4 is 14.6 Å². The number of ether oxygens (including phenoxy) is 2. The lowest BCUT2D eigenvalue weighted by Crippen LogP contribution is -2.28. The van der Waals surface area contributed by atoms with Gasteiger partial charge < -0.3 is 14.4 Å². The van der Waals surface area contributed by atoms with Crippen molar-refractivity contribution in [3.05, 3.63) is 59.7 Å². The van der Waals surface area contributed by atoms with Crippen molar-refractivity contribution in [1.82, 2.24) is 4.90 Å². The third-order valence-corrected chi connectivity index (χ3v) is 5.49. The van der Waals surface area contributed by atoms with Gasteiger partial charge in [0.15, 0.2) is 11.5 Å². The number of rotatable bonds is 5. The van der Waals surface area contributed by atoms with Crippen LogP contribution in [0.4, 0.5) is 0 Å². The summed E-state index contributed by atoms with van der Waals surface area (Å²) < 4.78 is 34.1. The van der Waals surface area contributed by atoms with Crippen LogP contribution in [0.25, 0.3) is 6.08 Å². The maximum Gasteiger partial charge on any atom is 0.246 e. The van der Waals surface area contributed by atoms with E-state index in [0.29, 0.717) is 30.3 Å². The Balaban J connectivity index is 1.73. The Kier molecular flexibility index (Phi) is 5.71. The molecule has 2 N–H and O–H groups in total. The summed E-state index contributed by atoms with van der Waals surface area (Å²) in [5.74, 6) is 1.13. The molecule has 1 aliphatic heterocycles. The molecular weight excluding hydrogens is 380 g/mol. The largest absolute Gasteiger partial charge is 0.486 e. The predicted octanol–water partition coefficient (Wildman–Crippen LogP) is 2.34. The number of sulfonamides is 1. The minimum atomic E-state index is -3.80. The van der Waals surface area contributed by atoms with Gasteiger partial charge >= 0.3 is 0 Å². The predicted molar refractivity (Wildman–Crippen MR) is 105 cm³/mol. The van der Waals surface area contributed by atoms with Gasteiger partial charge in [0, 0.05) is 13.1 Å². The van der Waals surface area contributed by atoms with Crippen LogP contribution in [-0.2, 0) is 14.8 Å². The van der Waals surface area contributed by atoms with Crippen molar-refractivity contribution >= 4 is 22.0 Å². The van der Waals surface area contributed by atoms with Crippen LogP contribution in [-0.4, -0.2) is 39.5 Å². The number of hydrogen-bond donors (Lipinski definition) is 1. The van der Waals surface area contributed by atoms with Crippen molar-refractivity contribution in [2.45, 2.75) is 17.9 Å². The Bertz CT molecular complexity index is 1020. The molecule has 2 aromatic rings. The van der Waals surface area contributed by atoms with E-state index >= 15 is 0 Å². The maximum atomic E-state index is 12.5. The highest BCUT2D eigenvalue weighted by molar-refractivity contribution is 7.89. The van der Waals surface area contributed by atoms with Crippen LogP contribution in [0.5, 0.6) is 11.5 Å². The highest BCUT2D eigenvalue weighted by Gasteiger charge is 2.18. The second-order valence-electron chi connectivity index (χ2n) is 6.48. The van der Waals surface area contributed by atoms with Crippen LogP contribution in [0.1, 0.15) is 24.1 Å². The van der Waals surface area contributed by atoms with Gasteiger partial charge in [-0.3, -0.25) is 4.79 Å². The van der Waals surface area contributed by atoms with E-state index in [9.17, 15) is 13.2 Å². The number of hydrogen-bond acceptors (Lipinski definition) is 5. The van der Waals surface area contributed by atoms with E-state index in [1.54, 1.807) is 25.3 Å². The molecule has 0 radical (unpaired) electrons. The summed E-state index contributed by atoms with van der Waals surface area (Å²) >= 11 is 0. The van der Waals surface area contributed by atoms with Crippen molar-refractivity contribution in [3.63, 3.8) is 0 Å². The number of benzene rings is 2. The number of nitrogens with zero attached hydrogens (tertiary/aromatic N) is 1. The fourth-order valence-corrected chi connectivity index (χ4v) is 3.38. The van der Waals surface area contributed by atoms with E-state index in [-0.39, 0.29) is 16.8 Å². The van der Waals surface area contributed by atoms with Gasteiger partial charge in [-0.05, 0) is 48.4 Å². The molecular formula is C20H22N2O5S. The molecule has 148 valence electrons. The molecule has 7 nitrogen and oxygen atoms in total. The molecule has 1 unspecified atom stereocenters. The van der Waals surface area contributed by atoms with Crippen LogP contribution in [0, 0.1) is 0 Å². The number of primary sulfonamides is 1. The first kappa shape index (κ1) is 19.9. The van der Waals surface area contributed by atoms with Gasteiger partial charge in [-0.2, -0.15) is 0 Å². The molecule has 1 amide bonds. The van der Waals surface area contributed by atoms with Gasteiger partial charge in [-0.25, -0.2) is 13.6 Å². The normalized spacial score (nSPS) is 14.7. The zero-order valence-corrected chi connectivity index (χ0v) is 16.5. The van der Waals surface area contributed by atoms with Gasteiger partial charge in [-0.1, -0.05) is 18.2 Å². The van der Waals surface area contributed by atoms with Crippen molar-refractivity contribution in [3.8, 4) is 11.5 Å². The molecule has 8 heteroatoms. The molecule has 1 heterocycles. The van der Waals surface area contributed by atoms with E-state index in [4.69, 9.17) is 14.6 Å². The molecule has 0 fully saturated rings. The summed E-state index contributed by atoms with van der Waals surface area (Å²) in [5, 5.41) is 5.18. The Morgan fingerprint density at radius 2 is 1.86 bits per heavy atom. The van der Waals surface area contributed by atoms with Crippen molar-refractivity contribution < 1.29 is 22.7 Å². The molecule has 1 aliphatic rings. The zero-order valence-electron chi connectivity index (χ0n) is 15.7. The molecule has 0 saturated heterocycles. The molecule has 3 rings (SSSR count). The third kappa shape index (κ3) is 4.52. The topological polar surface area (TPSA) is 98.9 Å². The summed E-state index contributed by atoms with van der Waals surface area (Å²) in [6, 6.07) is 11.4. The highest BCUT2D eigenvalue weighted by Crippen LogP contribution is 2.31. The SMILES string of the molecule is CC(c1cccc(S(N)(=O)=O)c1)N(C)C(=O)/C=C/c1ccc2c(c1)OCCO2. The second kappa shape index (κ2) is 8.04. The van der Waals surface area contributed by atoms with Gasteiger partial charge in [-0.15, -0.1) is 0 Å². The smallest absolute Gasteiger partial charge is 0.246 e. The minimum absolute atomic E-state index is 0.0181. The molecule has 0 aromatic heterocycles. The number of nitrogens with two attached hydrogens (primary N) is 1. The minimum Gasteiger partial charge on any atom is -0.486 e. The zero-order chi connectivity index (χ0) is 20.3. The lowest BCUT2D eigenvalue weighted by molar-refractivity contribution is -0.126. The summed E-state index contributed by atoms with van der Waals surface area (Å²) in [6.07, 6.45) is 3.16. The van der Waals surface area contributed by atoms with Gasteiger partial charge in [0.25, 0.3) is 0 Å². The van der Waals surface area contributed by atoms with Gasteiger partial charge in [0.05, 0.1) is 10.9 Å². The van der Waals surface area contributed by atoms with Crippen LogP contribution in [0.2, 0.25) is 0 Å². The van der Waals surface area contributed by atoms with Crippen molar-refractivity contribution in [2.24, 2.45) is 5.14 Å². The first-order chi connectivity index (χ1) is 13.3. The fourth-order valence-electron chi connectivity index (χ4n) is 2.81. The Morgan fingerprint density at radius 1 is 1.14 bits per heavy atom. The summed E-state index contributed by atoms with van der Waals surface area (Å²) in [4.78, 5) is 14.1. The Morgan fingerprint density at radius 3 is 2.57 bits per heavy atom. The average molecular weight is 402 g/mol. The number of carbonyl (C=O) groups is 1. The summed E-state index contributed by atoms with van der Waals surface area (Å²) in [6.45, 7) is 2.84. The fraction of sp³-hybridized carbons (Fsp3) is 0.250. The van der Waals surface area contributed by atoms with Gasteiger partial charge in [0.1, 0.15) is 13.2 Å². The monoisotopic (exact) mass is 402 g/mol. The van der Waals surface area contributed by atoms with Crippen LogP contribution in [0.15, 0.2) is 53.4 Å². The molecule has 0 aliphatic carbocycles. The van der Waals surface area contributed by atoms with Gasteiger partial charge in [0.2, 0.25) is 15.9 Å². The van der Waals surface area contributed by atoms with E-state index < -0.39 is 10.0 Å². The highest BCUT2D eigenvalue weighted by atomic mass is 32.2. The summed E-state index contributed by atoms with van der Waals surface area (Å²) in [5.41, 5.74) is 1.49. The molecule has 0 saturated carbocycles. The van der Waals surface area contributed by atoms with E-state index in [1.165, 1.54) is 23.1 Å². The Labute approximate surface area is 164 Å². The molecule has 2 aromatic carbocycles. The lowest BCUT2D eigenvalue weighted by atomic mass is 10.1. The quantitative estimate of drug-likeness (QED) is 0.774. The van der Waals surface area contributed by atoms with Crippen molar-refractivity contribution in [1.29, 1.82) is 0 Å². The standard InChI is InChI=1S/C20H22N2O5S/c1-14(16-4-3-5-17(13-16)28(21,24)25)22(2)20(23)9-7-15-6-8-18-19(12-15)27-11-10-26-18/h3-9,12-14H,10-11H2,1-2H3,(H2,21,24,25)/b9-7+. The number of carbonyl (C=O) groups excluding carboxylic acids is 1. The third-order valence-electron chi connectivity index (χ3n) is 4.58. The number of amides is 1. The van der Waals surface area contributed by atoms with Crippen LogP contribution in [0.3, 0.4) is 0 Å². The molecule has 28 heavy (non-hydrogen) atoms. The summed E-state index contributed by atoms with van der Waals surface area (Å²) in [7, 11) is -2.14. The molecule has 0 bridgehead atoms.